The molecule has 1 aliphatic heterocycles. The fourth-order valence-corrected chi connectivity index (χ4v) is 1.83. The summed E-state index contributed by atoms with van der Waals surface area (Å²) in [7, 11) is 0. The first-order chi connectivity index (χ1) is 6.02. The zero-order valence-electron chi connectivity index (χ0n) is 8.66. The molecular formula is C10H19NO2. The number of hydrogen-bond acceptors (Lipinski definition) is 2. The van der Waals surface area contributed by atoms with Crippen LogP contribution in [0, 0.1) is 5.92 Å². The standard InChI is InChI=1S/C10H19NO2/c1-7(2)11-5-4-9(8(3)12)6-10(11)13/h7-9,12H,4-6H2,1-3H3. The summed E-state index contributed by atoms with van der Waals surface area (Å²) in [5.74, 6) is 0.356. The van der Waals surface area contributed by atoms with E-state index in [0.717, 1.165) is 13.0 Å². The molecule has 1 aliphatic rings. The summed E-state index contributed by atoms with van der Waals surface area (Å²) in [6, 6.07) is 0.294. The minimum Gasteiger partial charge on any atom is -0.393 e. The molecule has 1 heterocycles. The van der Waals surface area contributed by atoms with Crippen LogP contribution in [0.2, 0.25) is 0 Å². The molecule has 0 radical (unpaired) electrons. The fraction of sp³-hybridized carbons (Fsp3) is 0.900. The highest BCUT2D eigenvalue weighted by Crippen LogP contribution is 2.22. The van der Waals surface area contributed by atoms with Crippen molar-refractivity contribution in [3.63, 3.8) is 0 Å². The van der Waals surface area contributed by atoms with Crippen LogP contribution in [0.1, 0.15) is 33.6 Å². The molecule has 1 N–H and O–H groups in total. The van der Waals surface area contributed by atoms with E-state index in [1.165, 1.54) is 0 Å². The molecule has 3 nitrogen and oxygen atoms in total. The Hall–Kier alpha value is -0.570. The molecule has 0 aromatic heterocycles. The van der Waals surface area contributed by atoms with Gasteiger partial charge in [0.25, 0.3) is 0 Å². The molecule has 0 aromatic carbocycles. The van der Waals surface area contributed by atoms with Gasteiger partial charge in [0.2, 0.25) is 5.91 Å². The second kappa shape index (κ2) is 4.09. The summed E-state index contributed by atoms with van der Waals surface area (Å²) in [5.41, 5.74) is 0. The number of carbonyl (C=O) groups excluding carboxylic acids is 1. The number of piperidine rings is 1. The first-order valence-electron chi connectivity index (χ1n) is 5.00. The average Bonchev–Trinajstić information content (AvgIpc) is 2.03. The van der Waals surface area contributed by atoms with Crippen LogP contribution in [-0.4, -0.2) is 34.6 Å². The smallest absolute Gasteiger partial charge is 0.223 e. The Morgan fingerprint density at radius 3 is 2.46 bits per heavy atom. The summed E-state index contributed by atoms with van der Waals surface area (Å²) in [4.78, 5) is 13.5. The molecule has 1 fully saturated rings. The zero-order chi connectivity index (χ0) is 10.0. The van der Waals surface area contributed by atoms with Crippen LogP contribution in [0.25, 0.3) is 0 Å². The molecule has 1 rings (SSSR count). The molecule has 13 heavy (non-hydrogen) atoms. The minimum atomic E-state index is -0.349. The summed E-state index contributed by atoms with van der Waals surface area (Å²) >= 11 is 0. The van der Waals surface area contributed by atoms with Crippen LogP contribution in [0.3, 0.4) is 0 Å². The van der Waals surface area contributed by atoms with Gasteiger partial charge >= 0.3 is 0 Å². The van der Waals surface area contributed by atoms with Gasteiger partial charge in [-0.1, -0.05) is 0 Å². The first kappa shape index (κ1) is 10.5. The van der Waals surface area contributed by atoms with Gasteiger partial charge in [0.15, 0.2) is 0 Å². The topological polar surface area (TPSA) is 40.5 Å². The molecular weight excluding hydrogens is 166 g/mol. The zero-order valence-corrected chi connectivity index (χ0v) is 8.66. The third-order valence-corrected chi connectivity index (χ3v) is 2.80. The van der Waals surface area contributed by atoms with Gasteiger partial charge in [-0.2, -0.15) is 0 Å². The molecule has 0 saturated carbocycles. The Bertz CT molecular complexity index is 189. The Balaban J connectivity index is 2.52. The first-order valence-corrected chi connectivity index (χ1v) is 5.00. The van der Waals surface area contributed by atoms with Gasteiger partial charge in [0, 0.05) is 19.0 Å². The molecule has 1 amide bonds. The van der Waals surface area contributed by atoms with E-state index in [2.05, 4.69) is 0 Å². The maximum atomic E-state index is 11.6. The van der Waals surface area contributed by atoms with Crippen molar-refractivity contribution in [2.24, 2.45) is 5.92 Å². The third-order valence-electron chi connectivity index (χ3n) is 2.80. The van der Waals surface area contributed by atoms with Crippen LogP contribution in [0.4, 0.5) is 0 Å². The van der Waals surface area contributed by atoms with E-state index in [4.69, 9.17) is 0 Å². The third kappa shape index (κ3) is 2.44. The van der Waals surface area contributed by atoms with Crippen molar-refractivity contribution in [2.75, 3.05) is 6.54 Å². The number of amides is 1. The second-order valence-corrected chi connectivity index (χ2v) is 4.17. The van der Waals surface area contributed by atoms with E-state index in [0.29, 0.717) is 12.5 Å². The lowest BCUT2D eigenvalue weighted by molar-refractivity contribution is -0.138. The van der Waals surface area contributed by atoms with Crippen LogP contribution in [0.5, 0.6) is 0 Å². The average molecular weight is 185 g/mol. The molecule has 0 spiro atoms. The van der Waals surface area contributed by atoms with Crippen LogP contribution in [0.15, 0.2) is 0 Å². The molecule has 2 unspecified atom stereocenters. The number of nitrogens with zero attached hydrogens (tertiary/aromatic N) is 1. The molecule has 76 valence electrons. The highest BCUT2D eigenvalue weighted by Gasteiger charge is 2.29. The molecule has 2 atom stereocenters. The van der Waals surface area contributed by atoms with Gasteiger partial charge in [-0.25, -0.2) is 0 Å². The lowest BCUT2D eigenvalue weighted by atomic mass is 9.91. The molecule has 0 bridgehead atoms. The summed E-state index contributed by atoms with van der Waals surface area (Å²) in [6.45, 7) is 6.62. The van der Waals surface area contributed by atoms with Crippen molar-refractivity contribution in [3.05, 3.63) is 0 Å². The number of hydrogen-bond donors (Lipinski definition) is 1. The second-order valence-electron chi connectivity index (χ2n) is 4.17. The van der Waals surface area contributed by atoms with Crippen molar-refractivity contribution in [1.29, 1.82) is 0 Å². The van der Waals surface area contributed by atoms with E-state index in [1.807, 2.05) is 18.7 Å². The minimum absolute atomic E-state index is 0.169. The fourth-order valence-electron chi connectivity index (χ4n) is 1.83. The predicted molar refractivity (Wildman–Crippen MR) is 51.3 cm³/mol. The van der Waals surface area contributed by atoms with E-state index in [1.54, 1.807) is 6.92 Å². The lowest BCUT2D eigenvalue weighted by Crippen LogP contribution is -2.44. The molecule has 3 heteroatoms. The van der Waals surface area contributed by atoms with Gasteiger partial charge in [0.1, 0.15) is 0 Å². The SMILES string of the molecule is CC(O)C1CCN(C(C)C)C(=O)C1. The number of aliphatic hydroxyl groups excluding tert-OH is 1. The Labute approximate surface area is 79.7 Å². The quantitative estimate of drug-likeness (QED) is 0.697. The van der Waals surface area contributed by atoms with Crippen molar-refractivity contribution in [1.82, 2.24) is 4.90 Å². The number of likely N-dealkylation sites (tertiary alicyclic amines) is 1. The maximum absolute atomic E-state index is 11.6. The number of aliphatic hydroxyl groups is 1. The molecule has 0 aromatic rings. The summed E-state index contributed by atoms with van der Waals surface area (Å²) in [5, 5.41) is 9.35. The maximum Gasteiger partial charge on any atom is 0.223 e. The summed E-state index contributed by atoms with van der Waals surface area (Å²) in [6.07, 6.45) is 1.09. The van der Waals surface area contributed by atoms with E-state index < -0.39 is 0 Å². The van der Waals surface area contributed by atoms with Gasteiger partial charge in [0.05, 0.1) is 6.10 Å². The number of rotatable bonds is 2. The monoisotopic (exact) mass is 185 g/mol. The van der Waals surface area contributed by atoms with Gasteiger partial charge < -0.3 is 10.0 Å². The normalized spacial score (nSPS) is 26.7. The largest absolute Gasteiger partial charge is 0.393 e. The molecule has 0 aliphatic carbocycles. The van der Waals surface area contributed by atoms with E-state index in [-0.39, 0.29) is 17.9 Å². The number of carbonyl (C=O) groups is 1. The van der Waals surface area contributed by atoms with Crippen molar-refractivity contribution in [2.45, 2.75) is 45.8 Å². The van der Waals surface area contributed by atoms with Crippen molar-refractivity contribution >= 4 is 5.91 Å². The Morgan fingerprint density at radius 1 is 1.46 bits per heavy atom. The Morgan fingerprint density at radius 2 is 2.08 bits per heavy atom. The highest BCUT2D eigenvalue weighted by atomic mass is 16.3. The summed E-state index contributed by atoms with van der Waals surface area (Å²) < 4.78 is 0. The van der Waals surface area contributed by atoms with Crippen LogP contribution in [-0.2, 0) is 4.79 Å². The van der Waals surface area contributed by atoms with Gasteiger partial charge in [-0.05, 0) is 33.1 Å². The Kier molecular flexibility index (Phi) is 3.31. The predicted octanol–water partition coefficient (Wildman–Crippen LogP) is 1.01. The van der Waals surface area contributed by atoms with E-state index >= 15 is 0 Å². The van der Waals surface area contributed by atoms with Crippen molar-refractivity contribution in [3.8, 4) is 0 Å². The van der Waals surface area contributed by atoms with Crippen molar-refractivity contribution < 1.29 is 9.90 Å². The molecule has 1 saturated heterocycles. The van der Waals surface area contributed by atoms with Gasteiger partial charge in [-0.15, -0.1) is 0 Å². The lowest BCUT2D eigenvalue weighted by Gasteiger charge is -2.35. The van der Waals surface area contributed by atoms with Gasteiger partial charge in [-0.3, -0.25) is 4.79 Å². The van der Waals surface area contributed by atoms with Crippen LogP contribution < -0.4 is 0 Å². The highest BCUT2D eigenvalue weighted by molar-refractivity contribution is 5.77. The van der Waals surface area contributed by atoms with E-state index in [9.17, 15) is 9.90 Å². The van der Waals surface area contributed by atoms with Crippen LogP contribution >= 0.6 is 0 Å².